The number of carbonyl (C=O) groups excluding carboxylic acids is 1. The highest BCUT2D eigenvalue weighted by atomic mass is 32.2. The molecule has 0 spiro atoms. The van der Waals surface area contributed by atoms with Gasteiger partial charge in [-0.05, 0) is 50.5 Å². The molecule has 1 amide bonds. The lowest BCUT2D eigenvalue weighted by Gasteiger charge is -2.22. The highest BCUT2D eigenvalue weighted by molar-refractivity contribution is 7.93. The van der Waals surface area contributed by atoms with E-state index in [-0.39, 0.29) is 17.7 Å². The lowest BCUT2D eigenvalue weighted by atomic mass is 10.2. The van der Waals surface area contributed by atoms with Crippen LogP contribution in [0.15, 0.2) is 24.3 Å². The van der Waals surface area contributed by atoms with Crippen LogP contribution in [0.2, 0.25) is 0 Å². The van der Waals surface area contributed by atoms with Crippen molar-refractivity contribution in [3.05, 3.63) is 24.3 Å². The summed E-state index contributed by atoms with van der Waals surface area (Å²) in [5, 5.41) is 3.20. The molecule has 2 aliphatic heterocycles. The van der Waals surface area contributed by atoms with Crippen LogP contribution in [0.3, 0.4) is 0 Å². The Bertz CT molecular complexity index is 666. The number of anilines is 2. The van der Waals surface area contributed by atoms with Crippen molar-refractivity contribution in [1.29, 1.82) is 0 Å². The Labute approximate surface area is 137 Å². The van der Waals surface area contributed by atoms with E-state index in [9.17, 15) is 13.2 Å². The molecular formula is C16H23N3O3S. The Hall–Kier alpha value is -1.76. The highest BCUT2D eigenvalue weighted by Crippen LogP contribution is 2.25. The number of benzene rings is 1. The zero-order valence-corrected chi connectivity index (χ0v) is 14.2. The highest BCUT2D eigenvalue weighted by Gasteiger charge is 2.28. The molecule has 1 atom stereocenters. The molecule has 126 valence electrons. The average molecular weight is 337 g/mol. The monoisotopic (exact) mass is 337 g/mol. The number of hydrogen-bond donors (Lipinski definition) is 1. The molecule has 1 N–H and O–H groups in total. The van der Waals surface area contributed by atoms with E-state index in [0.29, 0.717) is 18.7 Å². The predicted molar refractivity (Wildman–Crippen MR) is 91.1 cm³/mol. The third kappa shape index (κ3) is 3.44. The second kappa shape index (κ2) is 6.39. The summed E-state index contributed by atoms with van der Waals surface area (Å²) in [6.07, 6.45) is 2.83. The van der Waals surface area contributed by atoms with Gasteiger partial charge in [-0.15, -0.1) is 0 Å². The van der Waals surface area contributed by atoms with Crippen molar-refractivity contribution in [1.82, 2.24) is 4.90 Å². The van der Waals surface area contributed by atoms with E-state index in [0.717, 1.165) is 31.6 Å². The van der Waals surface area contributed by atoms with Crippen LogP contribution in [0.5, 0.6) is 0 Å². The molecule has 2 saturated heterocycles. The molecule has 7 heteroatoms. The van der Waals surface area contributed by atoms with E-state index in [4.69, 9.17) is 0 Å². The molecule has 3 rings (SSSR count). The number of nitrogens with one attached hydrogen (secondary N) is 1. The Morgan fingerprint density at radius 3 is 2.30 bits per heavy atom. The van der Waals surface area contributed by atoms with E-state index in [1.165, 1.54) is 4.31 Å². The number of nitrogens with zero attached hydrogens (tertiary/aromatic N) is 2. The van der Waals surface area contributed by atoms with Gasteiger partial charge < -0.3 is 10.2 Å². The van der Waals surface area contributed by atoms with E-state index in [1.807, 2.05) is 24.0 Å². The topological polar surface area (TPSA) is 69.7 Å². The molecule has 0 unspecified atom stereocenters. The molecule has 2 fully saturated rings. The van der Waals surface area contributed by atoms with E-state index >= 15 is 0 Å². The van der Waals surface area contributed by atoms with Crippen LogP contribution in [0.4, 0.5) is 11.4 Å². The van der Waals surface area contributed by atoms with Gasteiger partial charge in [-0.1, -0.05) is 0 Å². The van der Waals surface area contributed by atoms with Gasteiger partial charge in [0.15, 0.2) is 0 Å². The van der Waals surface area contributed by atoms with Crippen molar-refractivity contribution in [3.8, 4) is 0 Å². The predicted octanol–water partition coefficient (Wildman–Crippen LogP) is 1.65. The van der Waals surface area contributed by atoms with Crippen LogP contribution in [-0.4, -0.2) is 50.7 Å². The van der Waals surface area contributed by atoms with Crippen molar-refractivity contribution >= 4 is 27.3 Å². The molecule has 0 radical (unpaired) electrons. The fourth-order valence-corrected chi connectivity index (χ4v) is 4.74. The first kappa shape index (κ1) is 16.1. The van der Waals surface area contributed by atoms with E-state index < -0.39 is 10.0 Å². The number of amides is 1. The Balaban J connectivity index is 1.64. The third-order valence-electron chi connectivity index (χ3n) is 4.43. The van der Waals surface area contributed by atoms with Gasteiger partial charge in [0.1, 0.15) is 6.04 Å². The maximum absolute atomic E-state index is 12.3. The number of sulfonamides is 1. The number of carbonyl (C=O) groups is 1. The van der Waals surface area contributed by atoms with Crippen LogP contribution in [0.1, 0.15) is 26.2 Å². The van der Waals surface area contributed by atoms with Crippen LogP contribution < -0.4 is 9.62 Å². The fourth-order valence-electron chi connectivity index (χ4n) is 3.18. The number of rotatable bonds is 4. The minimum atomic E-state index is -3.15. The fraction of sp³-hybridized carbons (Fsp3) is 0.562. The van der Waals surface area contributed by atoms with Crippen LogP contribution >= 0.6 is 0 Å². The Morgan fingerprint density at radius 2 is 1.74 bits per heavy atom. The van der Waals surface area contributed by atoms with Crippen LogP contribution in [0, 0.1) is 0 Å². The van der Waals surface area contributed by atoms with Gasteiger partial charge in [-0.2, -0.15) is 0 Å². The first-order chi connectivity index (χ1) is 11.0. The molecule has 0 bridgehead atoms. The lowest BCUT2D eigenvalue weighted by Crippen LogP contribution is -2.39. The maximum Gasteiger partial charge on any atom is 0.244 e. The summed E-state index contributed by atoms with van der Waals surface area (Å²) in [5.74, 6) is 0.336. The zero-order chi connectivity index (χ0) is 16.4. The van der Waals surface area contributed by atoms with E-state index in [1.54, 1.807) is 12.1 Å². The second-order valence-corrected chi connectivity index (χ2v) is 8.20. The summed E-state index contributed by atoms with van der Waals surface area (Å²) in [4.78, 5) is 14.2. The van der Waals surface area contributed by atoms with Gasteiger partial charge in [0, 0.05) is 25.3 Å². The summed E-state index contributed by atoms with van der Waals surface area (Å²) < 4.78 is 25.3. The maximum atomic E-state index is 12.3. The van der Waals surface area contributed by atoms with Gasteiger partial charge >= 0.3 is 0 Å². The molecular weight excluding hydrogens is 314 g/mol. The van der Waals surface area contributed by atoms with Gasteiger partial charge in [0.25, 0.3) is 0 Å². The number of likely N-dealkylation sites (tertiary alicyclic amines) is 1. The van der Waals surface area contributed by atoms with E-state index in [2.05, 4.69) is 5.32 Å². The standard InChI is InChI=1S/C16H23N3O3S/c1-13(16(20)18-9-2-3-10-18)17-14-5-7-15(8-6-14)19-11-4-12-23(19,21)22/h5-8,13,17H,2-4,9-12H2,1H3/t13-/m0/s1. The van der Waals surface area contributed by atoms with Gasteiger partial charge in [0.05, 0.1) is 11.4 Å². The van der Waals surface area contributed by atoms with Gasteiger partial charge in [-0.3, -0.25) is 9.10 Å². The summed E-state index contributed by atoms with van der Waals surface area (Å²) in [5.41, 5.74) is 1.51. The summed E-state index contributed by atoms with van der Waals surface area (Å²) >= 11 is 0. The normalized spacial score (nSPS) is 21.4. The minimum absolute atomic E-state index is 0.119. The molecule has 0 saturated carbocycles. The van der Waals surface area contributed by atoms with Crippen LogP contribution in [-0.2, 0) is 14.8 Å². The average Bonchev–Trinajstić information content (AvgIpc) is 3.16. The van der Waals surface area contributed by atoms with Gasteiger partial charge in [-0.25, -0.2) is 8.42 Å². The SMILES string of the molecule is C[C@H](Nc1ccc(N2CCCS2(=O)=O)cc1)C(=O)N1CCCC1. The molecule has 6 nitrogen and oxygen atoms in total. The molecule has 23 heavy (non-hydrogen) atoms. The smallest absolute Gasteiger partial charge is 0.244 e. The minimum Gasteiger partial charge on any atom is -0.374 e. The number of hydrogen-bond acceptors (Lipinski definition) is 4. The van der Waals surface area contributed by atoms with Gasteiger partial charge in [0.2, 0.25) is 15.9 Å². The quantitative estimate of drug-likeness (QED) is 0.907. The zero-order valence-electron chi connectivity index (χ0n) is 13.4. The third-order valence-corrected chi connectivity index (χ3v) is 6.30. The van der Waals surface area contributed by atoms with Crippen molar-refractivity contribution in [2.75, 3.05) is 35.0 Å². The van der Waals surface area contributed by atoms with Crippen molar-refractivity contribution in [3.63, 3.8) is 0 Å². The molecule has 2 heterocycles. The summed E-state index contributed by atoms with van der Waals surface area (Å²) in [6, 6.07) is 6.96. The van der Waals surface area contributed by atoms with Crippen molar-refractivity contribution < 1.29 is 13.2 Å². The van der Waals surface area contributed by atoms with Crippen LogP contribution in [0.25, 0.3) is 0 Å². The Morgan fingerprint density at radius 1 is 1.09 bits per heavy atom. The Kier molecular flexibility index (Phi) is 4.48. The summed E-state index contributed by atoms with van der Waals surface area (Å²) in [6.45, 7) is 4.09. The molecule has 1 aromatic carbocycles. The summed E-state index contributed by atoms with van der Waals surface area (Å²) in [7, 11) is -3.15. The molecule has 0 aromatic heterocycles. The second-order valence-electron chi connectivity index (χ2n) is 6.19. The van der Waals surface area contributed by atoms with Crippen molar-refractivity contribution in [2.45, 2.75) is 32.2 Å². The first-order valence-corrected chi connectivity index (χ1v) is 9.74. The van der Waals surface area contributed by atoms with Crippen molar-refractivity contribution in [2.24, 2.45) is 0 Å². The molecule has 2 aliphatic rings. The molecule has 0 aliphatic carbocycles. The first-order valence-electron chi connectivity index (χ1n) is 8.13. The molecule has 1 aromatic rings. The lowest BCUT2D eigenvalue weighted by molar-refractivity contribution is -0.130. The largest absolute Gasteiger partial charge is 0.374 e.